The van der Waals surface area contributed by atoms with Crippen LogP contribution in [0.2, 0.25) is 0 Å². The van der Waals surface area contributed by atoms with E-state index in [1.807, 2.05) is 0 Å². The van der Waals surface area contributed by atoms with Crippen molar-refractivity contribution in [2.75, 3.05) is 12.3 Å². The normalized spacial score (nSPS) is 19.4. The second-order valence-corrected chi connectivity index (χ2v) is 5.82. The SMILES string of the molecule is Nc1cccc(C(=O)NCC2(C3CC3)CC2)c1[N+](=O)[O-]. The minimum atomic E-state index is -0.599. The molecule has 6 nitrogen and oxygen atoms in total. The van der Waals surface area contributed by atoms with Gasteiger partial charge in [0.1, 0.15) is 11.3 Å². The predicted molar refractivity (Wildman–Crippen MR) is 74.2 cm³/mol. The van der Waals surface area contributed by atoms with Crippen molar-refractivity contribution >= 4 is 17.3 Å². The van der Waals surface area contributed by atoms with Gasteiger partial charge in [0.15, 0.2) is 0 Å². The van der Waals surface area contributed by atoms with E-state index in [1.54, 1.807) is 6.07 Å². The van der Waals surface area contributed by atoms with Crippen LogP contribution < -0.4 is 11.1 Å². The number of nitro benzene ring substituents is 1. The summed E-state index contributed by atoms with van der Waals surface area (Å²) >= 11 is 0. The Kier molecular flexibility index (Phi) is 2.88. The number of para-hydroxylation sites is 1. The largest absolute Gasteiger partial charge is 0.393 e. The van der Waals surface area contributed by atoms with Crippen LogP contribution in [0.5, 0.6) is 0 Å². The fourth-order valence-electron chi connectivity index (χ4n) is 2.89. The van der Waals surface area contributed by atoms with Crippen molar-refractivity contribution < 1.29 is 9.72 Å². The Morgan fingerprint density at radius 1 is 1.45 bits per heavy atom. The molecule has 0 unspecified atom stereocenters. The number of carbonyl (C=O) groups excluding carboxylic acids is 1. The van der Waals surface area contributed by atoms with E-state index in [1.165, 1.54) is 25.0 Å². The lowest BCUT2D eigenvalue weighted by atomic mass is 10.0. The highest BCUT2D eigenvalue weighted by Gasteiger charge is 2.53. The molecule has 0 saturated heterocycles. The molecule has 0 heterocycles. The lowest BCUT2D eigenvalue weighted by Gasteiger charge is -2.15. The van der Waals surface area contributed by atoms with Crippen molar-refractivity contribution in [1.29, 1.82) is 0 Å². The molecule has 2 saturated carbocycles. The summed E-state index contributed by atoms with van der Waals surface area (Å²) in [6.45, 7) is 0.614. The number of nitrogens with zero attached hydrogens (tertiary/aromatic N) is 1. The van der Waals surface area contributed by atoms with Gasteiger partial charge in [-0.15, -0.1) is 0 Å². The molecular formula is C14H17N3O3. The average Bonchev–Trinajstić information content (AvgIpc) is 3.27. The maximum atomic E-state index is 12.2. The molecule has 0 radical (unpaired) electrons. The van der Waals surface area contributed by atoms with E-state index in [4.69, 9.17) is 5.73 Å². The van der Waals surface area contributed by atoms with Crippen LogP contribution in [0, 0.1) is 21.4 Å². The van der Waals surface area contributed by atoms with E-state index in [0.717, 1.165) is 18.8 Å². The summed E-state index contributed by atoms with van der Waals surface area (Å²) in [4.78, 5) is 22.6. The number of hydrogen-bond donors (Lipinski definition) is 2. The van der Waals surface area contributed by atoms with Gasteiger partial charge < -0.3 is 11.1 Å². The van der Waals surface area contributed by atoms with Gasteiger partial charge in [-0.05, 0) is 49.1 Å². The van der Waals surface area contributed by atoms with E-state index < -0.39 is 10.8 Å². The zero-order chi connectivity index (χ0) is 14.3. The van der Waals surface area contributed by atoms with Crippen LogP contribution in [0.3, 0.4) is 0 Å². The van der Waals surface area contributed by atoms with Gasteiger partial charge in [0.25, 0.3) is 5.91 Å². The summed E-state index contributed by atoms with van der Waals surface area (Å²) in [7, 11) is 0. The second kappa shape index (κ2) is 4.47. The third-order valence-electron chi connectivity index (χ3n) is 4.43. The Labute approximate surface area is 116 Å². The predicted octanol–water partition coefficient (Wildman–Crippen LogP) is 2.10. The molecule has 3 N–H and O–H groups in total. The first-order valence-electron chi connectivity index (χ1n) is 6.84. The number of nitrogens with two attached hydrogens (primary N) is 1. The quantitative estimate of drug-likeness (QED) is 0.488. The number of anilines is 1. The second-order valence-electron chi connectivity index (χ2n) is 5.82. The van der Waals surface area contributed by atoms with E-state index in [-0.39, 0.29) is 22.4 Å². The Hall–Kier alpha value is -2.11. The highest BCUT2D eigenvalue weighted by molar-refractivity contribution is 6.00. The summed E-state index contributed by atoms with van der Waals surface area (Å²) < 4.78 is 0. The first kappa shape index (κ1) is 12.9. The number of carbonyl (C=O) groups is 1. The van der Waals surface area contributed by atoms with Crippen LogP contribution in [-0.2, 0) is 0 Å². The Morgan fingerprint density at radius 2 is 2.15 bits per heavy atom. The summed E-state index contributed by atoms with van der Waals surface area (Å²) in [5.74, 6) is 0.328. The molecule has 0 bridgehead atoms. The van der Waals surface area contributed by atoms with Crippen LogP contribution in [0.1, 0.15) is 36.0 Å². The molecule has 2 aliphatic carbocycles. The molecule has 1 aromatic rings. The third-order valence-corrected chi connectivity index (χ3v) is 4.43. The van der Waals surface area contributed by atoms with Crippen LogP contribution in [0.15, 0.2) is 18.2 Å². The van der Waals surface area contributed by atoms with Crippen molar-refractivity contribution in [2.45, 2.75) is 25.7 Å². The average molecular weight is 275 g/mol. The van der Waals surface area contributed by atoms with Crippen molar-refractivity contribution in [2.24, 2.45) is 11.3 Å². The lowest BCUT2D eigenvalue weighted by Crippen LogP contribution is -2.31. The molecule has 1 aromatic carbocycles. The summed E-state index contributed by atoms with van der Waals surface area (Å²) in [5, 5.41) is 13.9. The van der Waals surface area contributed by atoms with Crippen molar-refractivity contribution in [3.8, 4) is 0 Å². The molecule has 1 amide bonds. The Bertz CT molecular complexity index is 577. The first-order chi connectivity index (χ1) is 9.53. The molecule has 0 aromatic heterocycles. The monoisotopic (exact) mass is 275 g/mol. The molecule has 0 atom stereocenters. The highest BCUT2D eigenvalue weighted by Crippen LogP contribution is 2.60. The molecule has 106 valence electrons. The van der Waals surface area contributed by atoms with E-state index in [0.29, 0.717) is 6.54 Å². The lowest BCUT2D eigenvalue weighted by molar-refractivity contribution is -0.384. The van der Waals surface area contributed by atoms with Crippen molar-refractivity contribution in [3.05, 3.63) is 33.9 Å². The number of amides is 1. The Morgan fingerprint density at radius 3 is 2.70 bits per heavy atom. The molecule has 6 heteroatoms. The number of hydrogen-bond acceptors (Lipinski definition) is 4. The maximum absolute atomic E-state index is 12.2. The first-order valence-corrected chi connectivity index (χ1v) is 6.84. The topological polar surface area (TPSA) is 98.3 Å². The zero-order valence-electron chi connectivity index (χ0n) is 11.1. The summed E-state index contributed by atoms with van der Waals surface area (Å²) in [6, 6.07) is 4.44. The number of nitro groups is 1. The summed E-state index contributed by atoms with van der Waals surface area (Å²) in [5.41, 5.74) is 5.62. The van der Waals surface area contributed by atoms with Crippen molar-refractivity contribution in [3.63, 3.8) is 0 Å². The smallest absolute Gasteiger partial charge is 0.304 e. The highest BCUT2D eigenvalue weighted by atomic mass is 16.6. The minimum absolute atomic E-state index is 0.0194. The van der Waals surface area contributed by atoms with E-state index in [9.17, 15) is 14.9 Å². The molecule has 0 aliphatic heterocycles. The minimum Gasteiger partial charge on any atom is -0.393 e. The van der Waals surface area contributed by atoms with Gasteiger partial charge in [0.05, 0.1) is 4.92 Å². The van der Waals surface area contributed by atoms with E-state index in [2.05, 4.69) is 5.32 Å². The maximum Gasteiger partial charge on any atom is 0.304 e. The molecule has 2 aliphatic rings. The number of nitrogen functional groups attached to an aromatic ring is 1. The van der Waals surface area contributed by atoms with Crippen molar-refractivity contribution in [1.82, 2.24) is 5.32 Å². The van der Waals surface area contributed by atoms with Gasteiger partial charge in [0.2, 0.25) is 0 Å². The van der Waals surface area contributed by atoms with Crippen LogP contribution in [0.4, 0.5) is 11.4 Å². The molecular weight excluding hydrogens is 258 g/mol. The summed E-state index contributed by atoms with van der Waals surface area (Å²) in [6.07, 6.45) is 4.79. The fraction of sp³-hybridized carbons (Fsp3) is 0.500. The molecule has 20 heavy (non-hydrogen) atoms. The van der Waals surface area contributed by atoms with E-state index >= 15 is 0 Å². The van der Waals surface area contributed by atoms with Gasteiger partial charge >= 0.3 is 5.69 Å². The van der Waals surface area contributed by atoms with Gasteiger partial charge in [-0.2, -0.15) is 0 Å². The van der Waals surface area contributed by atoms with Crippen LogP contribution in [0.25, 0.3) is 0 Å². The number of rotatable bonds is 5. The van der Waals surface area contributed by atoms with Gasteiger partial charge in [-0.25, -0.2) is 0 Å². The number of benzene rings is 1. The van der Waals surface area contributed by atoms with Gasteiger partial charge in [0, 0.05) is 6.54 Å². The van der Waals surface area contributed by atoms with Crippen LogP contribution in [-0.4, -0.2) is 17.4 Å². The molecule has 2 fully saturated rings. The Balaban J connectivity index is 1.74. The van der Waals surface area contributed by atoms with Gasteiger partial charge in [-0.1, -0.05) is 6.07 Å². The van der Waals surface area contributed by atoms with Crippen LogP contribution >= 0.6 is 0 Å². The van der Waals surface area contributed by atoms with Gasteiger partial charge in [-0.3, -0.25) is 14.9 Å². The zero-order valence-corrected chi connectivity index (χ0v) is 11.1. The molecule has 0 spiro atoms. The fourth-order valence-corrected chi connectivity index (χ4v) is 2.89. The standard InChI is InChI=1S/C14H17N3O3/c15-11-3-1-2-10(12(11)17(19)20)13(18)16-8-14(6-7-14)9-4-5-9/h1-3,9H,4-8,15H2,(H,16,18). The number of nitrogens with one attached hydrogen (secondary N) is 1. The molecule has 3 rings (SSSR count). The third kappa shape index (κ3) is 2.21.